The summed E-state index contributed by atoms with van der Waals surface area (Å²) < 4.78 is 20.4. The molecule has 0 aliphatic rings. The van der Waals surface area contributed by atoms with Gasteiger partial charge in [-0.2, -0.15) is 0 Å². The third kappa shape index (κ3) is 3.33. The van der Waals surface area contributed by atoms with Crippen LogP contribution in [0.4, 0.5) is 4.39 Å². The van der Waals surface area contributed by atoms with E-state index in [1.165, 1.54) is 6.07 Å². The zero-order chi connectivity index (χ0) is 14.0. The fraction of sp³-hybridized carbons (Fsp3) is 0.200. The van der Waals surface area contributed by atoms with Gasteiger partial charge in [0.1, 0.15) is 5.75 Å². The van der Waals surface area contributed by atoms with E-state index in [1.54, 1.807) is 18.2 Å². The van der Waals surface area contributed by atoms with Crippen LogP contribution < -0.4 is 10.5 Å². The Morgan fingerprint density at radius 3 is 2.53 bits per heavy atom. The molecule has 1 atom stereocenters. The average Bonchev–Trinajstić information content (AvgIpc) is 2.36. The highest BCUT2D eigenvalue weighted by atomic mass is 79.9. The summed E-state index contributed by atoms with van der Waals surface area (Å²) >= 11 is 3.41. The number of halogens is 2. The van der Waals surface area contributed by atoms with Gasteiger partial charge in [-0.25, -0.2) is 4.39 Å². The first-order valence-electron chi connectivity index (χ1n) is 5.96. The first-order valence-corrected chi connectivity index (χ1v) is 6.75. The molecule has 0 amide bonds. The van der Waals surface area contributed by atoms with E-state index >= 15 is 0 Å². The molecular formula is C15H15BrFNO. The summed E-state index contributed by atoms with van der Waals surface area (Å²) in [4.78, 5) is 0. The quantitative estimate of drug-likeness (QED) is 0.887. The van der Waals surface area contributed by atoms with Gasteiger partial charge in [-0.1, -0.05) is 22.0 Å². The van der Waals surface area contributed by atoms with Crippen LogP contribution >= 0.6 is 15.9 Å². The summed E-state index contributed by atoms with van der Waals surface area (Å²) in [6.07, 6.45) is 0. The molecule has 0 saturated heterocycles. The summed E-state index contributed by atoms with van der Waals surface area (Å²) in [6, 6.07) is 10.1. The fourth-order valence-corrected chi connectivity index (χ4v) is 1.94. The summed E-state index contributed by atoms with van der Waals surface area (Å²) in [7, 11) is 0. The fourth-order valence-electron chi connectivity index (χ4n) is 1.69. The summed E-state index contributed by atoms with van der Waals surface area (Å²) in [5, 5.41) is 0. The zero-order valence-electron chi connectivity index (χ0n) is 10.8. The van der Waals surface area contributed by atoms with Gasteiger partial charge >= 0.3 is 0 Å². The lowest BCUT2D eigenvalue weighted by atomic mass is 10.1. The maximum atomic E-state index is 13.9. The molecule has 0 radical (unpaired) electrons. The number of aryl methyl sites for hydroxylation is 1. The number of hydrogen-bond acceptors (Lipinski definition) is 2. The topological polar surface area (TPSA) is 35.2 Å². The maximum absolute atomic E-state index is 13.9. The van der Waals surface area contributed by atoms with E-state index in [0.717, 1.165) is 15.6 Å². The molecule has 2 aromatic carbocycles. The van der Waals surface area contributed by atoms with Crippen molar-refractivity contribution in [2.45, 2.75) is 19.9 Å². The molecule has 0 heterocycles. The summed E-state index contributed by atoms with van der Waals surface area (Å²) in [5.41, 5.74) is 7.49. The van der Waals surface area contributed by atoms with Crippen LogP contribution in [0.15, 0.2) is 40.9 Å². The van der Waals surface area contributed by atoms with Gasteiger partial charge in [0.05, 0.1) is 0 Å². The molecule has 0 spiro atoms. The second-order valence-electron chi connectivity index (χ2n) is 4.49. The molecule has 0 saturated carbocycles. The number of nitrogens with two attached hydrogens (primary N) is 1. The lowest BCUT2D eigenvalue weighted by Gasteiger charge is -2.11. The largest absolute Gasteiger partial charge is 0.454 e. The van der Waals surface area contributed by atoms with Gasteiger partial charge in [-0.05, 0) is 55.3 Å². The molecule has 0 aliphatic carbocycles. The molecular weight excluding hydrogens is 309 g/mol. The van der Waals surface area contributed by atoms with E-state index in [-0.39, 0.29) is 11.8 Å². The second-order valence-corrected chi connectivity index (χ2v) is 5.35. The number of benzene rings is 2. The van der Waals surface area contributed by atoms with Crippen LogP contribution in [0.25, 0.3) is 0 Å². The van der Waals surface area contributed by atoms with E-state index in [1.807, 2.05) is 26.0 Å². The minimum atomic E-state index is -0.407. The zero-order valence-corrected chi connectivity index (χ0v) is 12.4. The van der Waals surface area contributed by atoms with Gasteiger partial charge in [0, 0.05) is 10.5 Å². The lowest BCUT2D eigenvalue weighted by Crippen LogP contribution is -2.05. The Kier molecular flexibility index (Phi) is 4.22. The highest BCUT2D eigenvalue weighted by Crippen LogP contribution is 2.29. The second kappa shape index (κ2) is 5.72. The third-order valence-electron chi connectivity index (χ3n) is 2.84. The first kappa shape index (κ1) is 14.0. The maximum Gasteiger partial charge on any atom is 0.166 e. The van der Waals surface area contributed by atoms with Crippen molar-refractivity contribution in [2.24, 2.45) is 5.73 Å². The predicted molar refractivity (Wildman–Crippen MR) is 78.0 cm³/mol. The van der Waals surface area contributed by atoms with Gasteiger partial charge in [0.2, 0.25) is 0 Å². The smallest absolute Gasteiger partial charge is 0.166 e. The van der Waals surface area contributed by atoms with Crippen molar-refractivity contribution < 1.29 is 9.13 Å². The lowest BCUT2D eigenvalue weighted by molar-refractivity contribution is 0.441. The number of ether oxygens (including phenoxy) is 1. The van der Waals surface area contributed by atoms with Crippen LogP contribution in [0.2, 0.25) is 0 Å². The molecule has 2 rings (SSSR count). The molecule has 2 aromatic rings. The Morgan fingerprint density at radius 1 is 1.21 bits per heavy atom. The summed E-state index contributed by atoms with van der Waals surface area (Å²) in [6.45, 7) is 3.76. The molecule has 4 heteroatoms. The van der Waals surface area contributed by atoms with Crippen molar-refractivity contribution in [2.75, 3.05) is 0 Å². The van der Waals surface area contributed by atoms with Gasteiger partial charge in [-0.15, -0.1) is 0 Å². The van der Waals surface area contributed by atoms with Crippen molar-refractivity contribution in [1.29, 1.82) is 0 Å². The van der Waals surface area contributed by atoms with Gasteiger partial charge in [0.25, 0.3) is 0 Å². The van der Waals surface area contributed by atoms with Gasteiger partial charge in [0.15, 0.2) is 11.6 Å². The van der Waals surface area contributed by atoms with E-state index in [2.05, 4.69) is 15.9 Å². The monoisotopic (exact) mass is 323 g/mol. The van der Waals surface area contributed by atoms with E-state index < -0.39 is 5.82 Å². The molecule has 0 fully saturated rings. The van der Waals surface area contributed by atoms with Crippen LogP contribution in [-0.4, -0.2) is 0 Å². The highest BCUT2D eigenvalue weighted by molar-refractivity contribution is 9.10. The molecule has 2 N–H and O–H groups in total. The van der Waals surface area contributed by atoms with Crippen molar-refractivity contribution in [1.82, 2.24) is 0 Å². The van der Waals surface area contributed by atoms with Crippen molar-refractivity contribution in [3.05, 3.63) is 57.8 Å². The van der Waals surface area contributed by atoms with Crippen LogP contribution in [-0.2, 0) is 0 Å². The Bertz CT molecular complexity index is 599. The first-order chi connectivity index (χ1) is 8.97. The molecule has 0 aliphatic heterocycles. The van der Waals surface area contributed by atoms with Crippen molar-refractivity contribution >= 4 is 15.9 Å². The Hall–Kier alpha value is -1.39. The van der Waals surface area contributed by atoms with E-state index in [9.17, 15) is 4.39 Å². The average molecular weight is 324 g/mol. The normalized spacial score (nSPS) is 12.3. The SMILES string of the molecule is Cc1cc(Oc2ccc([C@@H](C)N)cc2F)ccc1Br. The van der Waals surface area contributed by atoms with Crippen LogP contribution in [0.3, 0.4) is 0 Å². The van der Waals surface area contributed by atoms with Crippen LogP contribution in [0.5, 0.6) is 11.5 Å². The van der Waals surface area contributed by atoms with Crippen LogP contribution in [0.1, 0.15) is 24.1 Å². The molecule has 0 unspecified atom stereocenters. The van der Waals surface area contributed by atoms with E-state index in [4.69, 9.17) is 10.5 Å². The van der Waals surface area contributed by atoms with E-state index in [0.29, 0.717) is 5.75 Å². The van der Waals surface area contributed by atoms with Crippen molar-refractivity contribution in [3.8, 4) is 11.5 Å². The van der Waals surface area contributed by atoms with Gasteiger partial charge in [-0.3, -0.25) is 0 Å². The third-order valence-corrected chi connectivity index (χ3v) is 3.73. The highest BCUT2D eigenvalue weighted by Gasteiger charge is 2.08. The number of hydrogen-bond donors (Lipinski definition) is 1. The minimum absolute atomic E-state index is 0.196. The molecule has 2 nitrogen and oxygen atoms in total. The van der Waals surface area contributed by atoms with Gasteiger partial charge < -0.3 is 10.5 Å². The Balaban J connectivity index is 2.25. The molecule has 19 heavy (non-hydrogen) atoms. The molecule has 0 aromatic heterocycles. The standard InChI is InChI=1S/C15H15BrFNO/c1-9-7-12(4-5-13(9)16)19-15-6-3-11(10(2)18)8-14(15)17/h3-8,10H,18H2,1-2H3/t10-/m1/s1. The number of rotatable bonds is 3. The molecule has 0 bridgehead atoms. The summed E-state index contributed by atoms with van der Waals surface area (Å²) in [5.74, 6) is 0.398. The Morgan fingerprint density at radius 2 is 1.95 bits per heavy atom. The van der Waals surface area contributed by atoms with Crippen LogP contribution in [0, 0.1) is 12.7 Å². The molecule has 100 valence electrons. The Labute approximate surface area is 120 Å². The van der Waals surface area contributed by atoms with Crippen molar-refractivity contribution in [3.63, 3.8) is 0 Å². The predicted octanol–water partition coefficient (Wildman–Crippen LogP) is 4.71. The minimum Gasteiger partial charge on any atom is -0.454 e.